The lowest BCUT2D eigenvalue weighted by Gasteiger charge is -2.12. The Hall–Kier alpha value is -1.89. The highest BCUT2D eigenvalue weighted by Crippen LogP contribution is 2.16. The summed E-state index contributed by atoms with van der Waals surface area (Å²) in [5, 5.41) is -1.21. The number of ether oxygens (including phenoxy) is 2. The molecule has 6 nitrogen and oxygen atoms in total. The molecule has 0 spiro atoms. The van der Waals surface area contributed by atoms with Gasteiger partial charge in [0.25, 0.3) is 0 Å². The van der Waals surface area contributed by atoms with Crippen LogP contribution in [0.2, 0.25) is 0 Å². The van der Waals surface area contributed by atoms with Crippen LogP contribution in [0.1, 0.15) is 23.7 Å². The van der Waals surface area contributed by atoms with E-state index in [0.717, 1.165) is 0 Å². The number of carbonyl (C=O) groups is 2. The lowest BCUT2D eigenvalue weighted by atomic mass is 10.1. The van der Waals surface area contributed by atoms with Crippen LogP contribution in [0.5, 0.6) is 5.75 Å². The topological polar surface area (TPSA) is 86.7 Å². The summed E-state index contributed by atoms with van der Waals surface area (Å²) >= 11 is 0. The van der Waals surface area contributed by atoms with Gasteiger partial charge in [0.1, 0.15) is 11.0 Å². The Kier molecular flexibility index (Phi) is 5.90. The van der Waals surface area contributed by atoms with Crippen molar-refractivity contribution in [3.63, 3.8) is 0 Å². The average molecular weight is 314 g/mol. The van der Waals surface area contributed by atoms with Gasteiger partial charge in [0.05, 0.1) is 26.4 Å². The van der Waals surface area contributed by atoms with Crippen molar-refractivity contribution in [2.45, 2.75) is 18.6 Å². The van der Waals surface area contributed by atoms with Crippen LogP contribution in [0.3, 0.4) is 0 Å². The predicted molar refractivity (Wildman–Crippen MR) is 77.2 cm³/mol. The minimum Gasteiger partial charge on any atom is -0.497 e. The van der Waals surface area contributed by atoms with E-state index in [1.165, 1.54) is 33.3 Å². The van der Waals surface area contributed by atoms with E-state index in [1.807, 2.05) is 0 Å². The molecule has 1 atom stereocenters. The lowest BCUT2D eigenvalue weighted by molar-refractivity contribution is -0.140. The molecular formula is C14H18O6S. The fourth-order valence-electron chi connectivity index (χ4n) is 1.66. The molecule has 0 N–H and O–H groups in total. The SMILES string of the molecule is COC(=O)CCS(=O)(=O)C(C)C(=O)c1ccc(OC)cc1. The van der Waals surface area contributed by atoms with E-state index in [9.17, 15) is 18.0 Å². The normalized spacial score (nSPS) is 12.5. The van der Waals surface area contributed by atoms with Crippen LogP contribution in [0.15, 0.2) is 24.3 Å². The summed E-state index contributed by atoms with van der Waals surface area (Å²) in [4.78, 5) is 23.2. The summed E-state index contributed by atoms with van der Waals surface area (Å²) in [6.07, 6.45) is -0.265. The summed E-state index contributed by atoms with van der Waals surface area (Å²) in [7, 11) is -1.03. The molecular weight excluding hydrogens is 296 g/mol. The quantitative estimate of drug-likeness (QED) is 0.556. The molecule has 1 aromatic rings. The minimum atomic E-state index is -3.71. The van der Waals surface area contributed by atoms with Crippen LogP contribution in [-0.4, -0.2) is 45.4 Å². The molecule has 7 heteroatoms. The first-order valence-corrected chi connectivity index (χ1v) is 8.00. The maximum absolute atomic E-state index is 12.2. The van der Waals surface area contributed by atoms with E-state index >= 15 is 0 Å². The van der Waals surface area contributed by atoms with Crippen molar-refractivity contribution < 1.29 is 27.5 Å². The van der Waals surface area contributed by atoms with Gasteiger partial charge in [-0.2, -0.15) is 0 Å². The number of carbonyl (C=O) groups excluding carboxylic acids is 2. The number of sulfone groups is 1. The highest BCUT2D eigenvalue weighted by atomic mass is 32.2. The van der Waals surface area contributed by atoms with E-state index in [1.54, 1.807) is 12.1 Å². The van der Waals surface area contributed by atoms with E-state index in [-0.39, 0.29) is 12.0 Å². The molecule has 0 heterocycles. The van der Waals surface area contributed by atoms with E-state index in [0.29, 0.717) is 5.75 Å². The van der Waals surface area contributed by atoms with E-state index < -0.39 is 32.6 Å². The van der Waals surface area contributed by atoms with Gasteiger partial charge in [0.15, 0.2) is 15.6 Å². The molecule has 0 aliphatic heterocycles. The monoisotopic (exact) mass is 314 g/mol. The molecule has 0 bridgehead atoms. The molecule has 0 aromatic heterocycles. The van der Waals surface area contributed by atoms with E-state index in [2.05, 4.69) is 4.74 Å². The maximum Gasteiger partial charge on any atom is 0.306 e. The van der Waals surface area contributed by atoms with Crippen LogP contribution >= 0.6 is 0 Å². The Morgan fingerprint density at radius 1 is 1.14 bits per heavy atom. The van der Waals surface area contributed by atoms with Crippen molar-refractivity contribution in [2.75, 3.05) is 20.0 Å². The second-order valence-corrected chi connectivity index (χ2v) is 6.87. The number of ketones is 1. The largest absolute Gasteiger partial charge is 0.497 e. The zero-order chi connectivity index (χ0) is 16.0. The standard InChI is InChI=1S/C14H18O6S/c1-10(21(17,18)9-8-13(15)20-3)14(16)11-4-6-12(19-2)7-5-11/h4-7,10H,8-9H2,1-3H3. The summed E-state index contributed by atoms with van der Waals surface area (Å²) < 4.78 is 33.4. The Balaban J connectivity index is 2.82. The van der Waals surface area contributed by atoms with Gasteiger partial charge < -0.3 is 9.47 Å². The number of esters is 1. The first-order valence-electron chi connectivity index (χ1n) is 6.28. The number of rotatable bonds is 7. The molecule has 0 aliphatic rings. The molecule has 0 fully saturated rings. The highest BCUT2D eigenvalue weighted by molar-refractivity contribution is 7.92. The number of hydrogen-bond acceptors (Lipinski definition) is 6. The number of Topliss-reactive ketones (excluding diaryl/α,β-unsaturated/α-hetero) is 1. The number of hydrogen-bond donors (Lipinski definition) is 0. The Morgan fingerprint density at radius 2 is 1.71 bits per heavy atom. The van der Waals surface area contributed by atoms with Crippen molar-refractivity contribution in [2.24, 2.45) is 0 Å². The molecule has 1 rings (SSSR count). The molecule has 0 saturated carbocycles. The van der Waals surface area contributed by atoms with Crippen molar-refractivity contribution in [1.29, 1.82) is 0 Å². The van der Waals surface area contributed by atoms with Gasteiger partial charge in [-0.05, 0) is 31.2 Å². The molecule has 0 saturated heterocycles. The van der Waals surface area contributed by atoms with Gasteiger partial charge >= 0.3 is 5.97 Å². The maximum atomic E-state index is 12.2. The second-order valence-electron chi connectivity index (χ2n) is 4.43. The lowest BCUT2D eigenvalue weighted by Crippen LogP contribution is -2.30. The van der Waals surface area contributed by atoms with Crippen LogP contribution in [-0.2, 0) is 19.4 Å². The van der Waals surface area contributed by atoms with Gasteiger partial charge in [-0.15, -0.1) is 0 Å². The van der Waals surface area contributed by atoms with Crippen LogP contribution in [0.25, 0.3) is 0 Å². The third-order valence-electron chi connectivity index (χ3n) is 3.10. The van der Waals surface area contributed by atoms with Gasteiger partial charge in [-0.3, -0.25) is 9.59 Å². The highest BCUT2D eigenvalue weighted by Gasteiger charge is 2.29. The fraction of sp³-hybridized carbons (Fsp3) is 0.429. The smallest absolute Gasteiger partial charge is 0.306 e. The number of benzene rings is 1. The fourth-order valence-corrected chi connectivity index (χ4v) is 2.92. The van der Waals surface area contributed by atoms with Gasteiger partial charge in [-0.1, -0.05) is 0 Å². The Bertz CT molecular complexity index is 603. The second kappa shape index (κ2) is 7.21. The van der Waals surface area contributed by atoms with Gasteiger partial charge in [0, 0.05) is 5.56 Å². The van der Waals surface area contributed by atoms with Crippen molar-refractivity contribution in [3.05, 3.63) is 29.8 Å². The summed E-state index contributed by atoms with van der Waals surface area (Å²) in [6.45, 7) is 1.32. The van der Waals surface area contributed by atoms with Crippen molar-refractivity contribution in [3.8, 4) is 5.75 Å². The number of methoxy groups -OCH3 is 2. The average Bonchev–Trinajstić information content (AvgIpc) is 2.51. The molecule has 21 heavy (non-hydrogen) atoms. The summed E-state index contributed by atoms with van der Waals surface area (Å²) in [5.41, 5.74) is 0.282. The third kappa shape index (κ3) is 4.56. The van der Waals surface area contributed by atoms with Crippen molar-refractivity contribution in [1.82, 2.24) is 0 Å². The minimum absolute atomic E-state index is 0.265. The van der Waals surface area contributed by atoms with Crippen LogP contribution in [0, 0.1) is 0 Å². The molecule has 0 amide bonds. The van der Waals surface area contributed by atoms with E-state index in [4.69, 9.17) is 4.74 Å². The molecule has 1 unspecified atom stereocenters. The zero-order valence-electron chi connectivity index (χ0n) is 12.2. The predicted octanol–water partition coefficient (Wildman–Crippen LogP) is 1.24. The first kappa shape index (κ1) is 17.2. The van der Waals surface area contributed by atoms with Crippen molar-refractivity contribution >= 4 is 21.6 Å². The molecule has 0 radical (unpaired) electrons. The summed E-state index contributed by atoms with van der Waals surface area (Å²) in [5.74, 6) is -0.971. The third-order valence-corrected chi connectivity index (χ3v) is 5.17. The zero-order valence-corrected chi connectivity index (χ0v) is 13.0. The van der Waals surface area contributed by atoms with Gasteiger partial charge in [-0.25, -0.2) is 8.42 Å². The van der Waals surface area contributed by atoms with Crippen LogP contribution < -0.4 is 4.74 Å². The Labute approximate surface area is 124 Å². The summed E-state index contributed by atoms with van der Waals surface area (Å²) in [6, 6.07) is 6.18. The van der Waals surface area contributed by atoms with Gasteiger partial charge in [0.2, 0.25) is 0 Å². The molecule has 1 aromatic carbocycles. The molecule has 0 aliphatic carbocycles. The van der Waals surface area contributed by atoms with Crippen LogP contribution in [0.4, 0.5) is 0 Å². The first-order chi connectivity index (χ1) is 9.81. The molecule has 116 valence electrons. The Morgan fingerprint density at radius 3 is 2.19 bits per heavy atom.